The molecule has 0 saturated carbocycles. The van der Waals surface area contributed by atoms with Gasteiger partial charge in [0.2, 0.25) is 0 Å². The maximum Gasteiger partial charge on any atom is 0.0313 e. The quantitative estimate of drug-likeness (QED) is 0.693. The highest BCUT2D eigenvalue weighted by Crippen LogP contribution is 2.28. The molecule has 1 saturated heterocycles. The number of alkyl halides is 1. The summed E-state index contributed by atoms with van der Waals surface area (Å²) in [5.74, 6) is 1.64. The van der Waals surface area contributed by atoms with Crippen molar-refractivity contribution in [1.82, 2.24) is 4.90 Å². The third kappa shape index (κ3) is 2.69. The van der Waals surface area contributed by atoms with Crippen LogP contribution in [-0.4, -0.2) is 28.9 Å². The molecule has 2 heteroatoms. The molecule has 1 aliphatic rings. The molecule has 1 aliphatic heterocycles. The van der Waals surface area contributed by atoms with Crippen LogP contribution in [0.2, 0.25) is 0 Å². The average molecular weight is 248 g/mol. The third-order valence-electron chi connectivity index (χ3n) is 3.45. The van der Waals surface area contributed by atoms with E-state index in [1.807, 2.05) is 0 Å². The topological polar surface area (TPSA) is 3.24 Å². The maximum atomic E-state index is 3.78. The summed E-state index contributed by atoms with van der Waals surface area (Å²) in [5, 5.41) is 0. The van der Waals surface area contributed by atoms with Crippen molar-refractivity contribution in [2.45, 2.75) is 45.0 Å². The first-order chi connectivity index (χ1) is 6.06. The lowest BCUT2D eigenvalue weighted by Crippen LogP contribution is -2.35. The molecule has 0 aromatic carbocycles. The highest BCUT2D eigenvalue weighted by atomic mass is 79.9. The first-order valence-electron chi connectivity index (χ1n) is 5.44. The summed E-state index contributed by atoms with van der Waals surface area (Å²) in [6, 6.07) is 0.733. The molecule has 1 rings (SSSR count). The second-order valence-electron chi connectivity index (χ2n) is 4.62. The van der Waals surface area contributed by atoms with Gasteiger partial charge < -0.3 is 0 Å². The Morgan fingerprint density at radius 2 is 1.92 bits per heavy atom. The Balaban J connectivity index is 2.47. The summed E-state index contributed by atoms with van der Waals surface area (Å²) in [7, 11) is 0. The van der Waals surface area contributed by atoms with Gasteiger partial charge in [0.15, 0.2) is 0 Å². The van der Waals surface area contributed by atoms with Crippen LogP contribution in [0.5, 0.6) is 0 Å². The zero-order valence-corrected chi connectivity index (χ0v) is 10.8. The minimum Gasteiger partial charge on any atom is -0.299 e. The minimum atomic E-state index is 0.721. The van der Waals surface area contributed by atoms with Crippen molar-refractivity contribution < 1.29 is 0 Å². The Hall–Kier alpha value is 0.440. The summed E-state index contributed by atoms with van der Waals surface area (Å²) in [4.78, 5) is 3.34. The van der Waals surface area contributed by atoms with Crippen molar-refractivity contribution in [2.75, 3.05) is 13.1 Å². The van der Waals surface area contributed by atoms with Gasteiger partial charge >= 0.3 is 0 Å². The van der Waals surface area contributed by atoms with E-state index in [1.54, 1.807) is 0 Å². The number of likely N-dealkylation sites (tertiary alicyclic amines) is 1. The van der Waals surface area contributed by atoms with Crippen LogP contribution in [-0.2, 0) is 0 Å². The van der Waals surface area contributed by atoms with Crippen LogP contribution in [0.25, 0.3) is 0 Å². The van der Waals surface area contributed by atoms with E-state index in [9.17, 15) is 0 Å². The van der Waals surface area contributed by atoms with Crippen LogP contribution in [0.1, 0.15) is 34.1 Å². The Bertz CT molecular complexity index is 158. The van der Waals surface area contributed by atoms with E-state index in [2.05, 4.69) is 48.5 Å². The second-order valence-corrected chi connectivity index (χ2v) is 5.80. The van der Waals surface area contributed by atoms with Gasteiger partial charge in [-0.2, -0.15) is 0 Å². The second kappa shape index (κ2) is 4.79. The Labute approximate surface area is 91.0 Å². The van der Waals surface area contributed by atoms with Gasteiger partial charge in [0.25, 0.3) is 0 Å². The third-order valence-corrected chi connectivity index (χ3v) is 4.49. The molecule has 0 amide bonds. The van der Waals surface area contributed by atoms with Gasteiger partial charge in [0, 0.05) is 24.0 Å². The first-order valence-corrected chi connectivity index (χ1v) is 6.36. The van der Waals surface area contributed by atoms with E-state index in [0.29, 0.717) is 0 Å². The van der Waals surface area contributed by atoms with E-state index < -0.39 is 0 Å². The molecule has 1 fully saturated rings. The number of hydrogen-bond donors (Lipinski definition) is 0. The van der Waals surface area contributed by atoms with Crippen LogP contribution < -0.4 is 0 Å². The largest absolute Gasteiger partial charge is 0.299 e. The minimum absolute atomic E-state index is 0.721. The molecule has 0 radical (unpaired) electrons. The number of hydrogen-bond acceptors (Lipinski definition) is 1. The van der Waals surface area contributed by atoms with Crippen molar-refractivity contribution in [2.24, 2.45) is 11.8 Å². The predicted octanol–water partition coefficient (Wildman–Crippen LogP) is 3.14. The van der Waals surface area contributed by atoms with Crippen molar-refractivity contribution in [3.8, 4) is 0 Å². The van der Waals surface area contributed by atoms with E-state index >= 15 is 0 Å². The van der Waals surface area contributed by atoms with Crippen molar-refractivity contribution in [3.05, 3.63) is 0 Å². The van der Waals surface area contributed by atoms with Crippen LogP contribution in [0.15, 0.2) is 0 Å². The van der Waals surface area contributed by atoms with Crippen molar-refractivity contribution >= 4 is 15.9 Å². The number of halogens is 1. The molecule has 0 aliphatic carbocycles. The standard InChI is InChI=1S/C11H22BrN/c1-5-10-6-13(7-11(10)12)9(4)8(2)3/h8-11H,5-7H2,1-4H3. The van der Waals surface area contributed by atoms with Crippen LogP contribution in [0, 0.1) is 11.8 Å². The molecule has 78 valence electrons. The molecule has 3 atom stereocenters. The molecule has 1 heterocycles. The zero-order valence-electron chi connectivity index (χ0n) is 9.26. The van der Waals surface area contributed by atoms with Gasteiger partial charge in [-0.3, -0.25) is 4.90 Å². The number of rotatable bonds is 3. The molecule has 0 aromatic rings. The molecule has 0 N–H and O–H groups in total. The summed E-state index contributed by atoms with van der Waals surface area (Å²) >= 11 is 3.78. The van der Waals surface area contributed by atoms with Gasteiger partial charge in [0.1, 0.15) is 0 Å². The SMILES string of the molecule is CCC1CN(C(C)C(C)C)CC1Br. The Morgan fingerprint density at radius 1 is 1.31 bits per heavy atom. The van der Waals surface area contributed by atoms with E-state index in [-0.39, 0.29) is 0 Å². The van der Waals surface area contributed by atoms with Crippen LogP contribution in [0.4, 0.5) is 0 Å². The van der Waals surface area contributed by atoms with E-state index in [4.69, 9.17) is 0 Å². The van der Waals surface area contributed by atoms with Crippen molar-refractivity contribution in [3.63, 3.8) is 0 Å². The fraction of sp³-hybridized carbons (Fsp3) is 1.00. The fourth-order valence-corrected chi connectivity index (χ4v) is 2.92. The van der Waals surface area contributed by atoms with Crippen molar-refractivity contribution in [1.29, 1.82) is 0 Å². The van der Waals surface area contributed by atoms with Gasteiger partial charge in [-0.1, -0.05) is 43.1 Å². The molecule has 0 bridgehead atoms. The summed E-state index contributed by atoms with van der Waals surface area (Å²) in [6.45, 7) is 11.8. The van der Waals surface area contributed by atoms with Gasteiger partial charge in [-0.15, -0.1) is 0 Å². The molecule has 3 unspecified atom stereocenters. The predicted molar refractivity (Wildman–Crippen MR) is 62.4 cm³/mol. The fourth-order valence-electron chi connectivity index (χ4n) is 2.00. The summed E-state index contributed by atoms with van der Waals surface area (Å²) in [5.41, 5.74) is 0. The smallest absolute Gasteiger partial charge is 0.0313 e. The summed E-state index contributed by atoms with van der Waals surface area (Å²) < 4.78 is 0. The lowest BCUT2D eigenvalue weighted by molar-refractivity contribution is 0.200. The number of nitrogens with zero attached hydrogens (tertiary/aromatic N) is 1. The first kappa shape index (κ1) is 11.5. The van der Waals surface area contributed by atoms with E-state index in [1.165, 1.54) is 19.5 Å². The Kier molecular flexibility index (Phi) is 4.24. The summed E-state index contributed by atoms with van der Waals surface area (Å²) in [6.07, 6.45) is 1.30. The average Bonchev–Trinajstić information content (AvgIpc) is 2.45. The molecule has 0 spiro atoms. The maximum absolute atomic E-state index is 3.78. The molecule has 13 heavy (non-hydrogen) atoms. The van der Waals surface area contributed by atoms with Gasteiger partial charge in [0.05, 0.1) is 0 Å². The highest BCUT2D eigenvalue weighted by Gasteiger charge is 2.32. The highest BCUT2D eigenvalue weighted by molar-refractivity contribution is 9.09. The molecule has 0 aromatic heterocycles. The Morgan fingerprint density at radius 3 is 2.31 bits per heavy atom. The lowest BCUT2D eigenvalue weighted by Gasteiger charge is -2.27. The van der Waals surface area contributed by atoms with Crippen LogP contribution in [0.3, 0.4) is 0 Å². The normalized spacial score (nSPS) is 32.8. The zero-order chi connectivity index (χ0) is 10.0. The van der Waals surface area contributed by atoms with E-state index in [0.717, 1.165) is 22.7 Å². The molecule has 1 nitrogen and oxygen atoms in total. The van der Waals surface area contributed by atoms with Gasteiger partial charge in [-0.25, -0.2) is 0 Å². The van der Waals surface area contributed by atoms with Gasteiger partial charge in [-0.05, 0) is 18.8 Å². The molecular weight excluding hydrogens is 226 g/mol. The van der Waals surface area contributed by atoms with Crippen LogP contribution >= 0.6 is 15.9 Å². The monoisotopic (exact) mass is 247 g/mol. The molecular formula is C11H22BrN. The lowest BCUT2D eigenvalue weighted by atomic mass is 10.0.